The zero-order valence-corrected chi connectivity index (χ0v) is 12.1. The smallest absolute Gasteiger partial charge is 0.100 e. The molecule has 2 rings (SSSR count). The van der Waals surface area contributed by atoms with E-state index in [0.29, 0.717) is 0 Å². The average molecular weight is 330 g/mol. The number of halogens is 3. The van der Waals surface area contributed by atoms with Crippen molar-refractivity contribution in [1.82, 2.24) is 0 Å². The van der Waals surface area contributed by atoms with Crippen molar-refractivity contribution in [2.45, 2.75) is 31.5 Å². The molecule has 84 valence electrons. The minimum absolute atomic E-state index is 0.0671. The molecular weight excluding hydrogens is 319 g/mol. The van der Waals surface area contributed by atoms with Gasteiger partial charge in [0, 0.05) is 10.9 Å². The maximum atomic E-state index is 6.10. The Kier molecular flexibility index (Phi) is 3.68. The molecule has 0 amide bonds. The van der Waals surface area contributed by atoms with E-state index in [4.69, 9.17) is 27.9 Å². The van der Waals surface area contributed by atoms with Crippen LogP contribution in [-0.2, 0) is 4.74 Å². The van der Waals surface area contributed by atoms with Crippen LogP contribution in [0.3, 0.4) is 0 Å². The highest BCUT2D eigenvalue weighted by Crippen LogP contribution is 2.45. The second-order valence-corrected chi connectivity index (χ2v) is 6.85. The fourth-order valence-electron chi connectivity index (χ4n) is 1.79. The third-order valence-electron chi connectivity index (χ3n) is 2.67. The fourth-order valence-corrected chi connectivity index (χ4v) is 3.76. The van der Waals surface area contributed by atoms with Crippen molar-refractivity contribution in [3.63, 3.8) is 0 Å². The third kappa shape index (κ3) is 2.52. The number of hydrogen-bond donors (Lipinski definition) is 0. The van der Waals surface area contributed by atoms with E-state index in [1.165, 1.54) is 11.3 Å². The maximum Gasteiger partial charge on any atom is 0.100 e. The zero-order chi connectivity index (χ0) is 11.1. The summed E-state index contributed by atoms with van der Waals surface area (Å²) in [6.45, 7) is 2.11. The van der Waals surface area contributed by atoms with E-state index < -0.39 is 0 Å². The van der Waals surface area contributed by atoms with Crippen molar-refractivity contribution < 1.29 is 4.74 Å². The summed E-state index contributed by atoms with van der Waals surface area (Å²) >= 11 is 16.9. The molecule has 1 fully saturated rings. The van der Waals surface area contributed by atoms with E-state index in [0.717, 1.165) is 32.4 Å². The Hall–Kier alpha value is 0.720. The van der Waals surface area contributed by atoms with Gasteiger partial charge in [-0.15, -0.1) is 11.3 Å². The van der Waals surface area contributed by atoms with Gasteiger partial charge < -0.3 is 4.74 Å². The lowest BCUT2D eigenvalue weighted by Crippen LogP contribution is -2.24. The third-order valence-corrected chi connectivity index (χ3v) is 5.38. The lowest BCUT2D eigenvalue weighted by Gasteiger charge is -2.21. The summed E-state index contributed by atoms with van der Waals surface area (Å²) in [5.41, 5.74) is 0.971. The number of alkyl halides is 1. The first kappa shape index (κ1) is 12.2. The molecule has 1 aliphatic heterocycles. The van der Waals surface area contributed by atoms with Gasteiger partial charge in [-0.25, -0.2) is 0 Å². The highest BCUT2D eigenvalue weighted by atomic mass is 79.9. The average Bonchev–Trinajstić information content (AvgIpc) is 2.71. The summed E-state index contributed by atoms with van der Waals surface area (Å²) in [6, 6.07) is 1.92. The van der Waals surface area contributed by atoms with Gasteiger partial charge >= 0.3 is 0 Å². The normalized spacial score (nSPS) is 31.1. The van der Waals surface area contributed by atoms with Crippen LogP contribution in [0.15, 0.2) is 6.07 Å². The Balaban J connectivity index is 2.17. The van der Waals surface area contributed by atoms with Gasteiger partial charge in [0.05, 0.1) is 16.0 Å². The first-order valence-electron chi connectivity index (χ1n) is 4.72. The van der Waals surface area contributed by atoms with Crippen LogP contribution in [0, 0.1) is 0 Å². The van der Waals surface area contributed by atoms with Gasteiger partial charge in [-0.1, -0.05) is 39.1 Å². The van der Waals surface area contributed by atoms with Crippen LogP contribution in [0.4, 0.5) is 0 Å². The monoisotopic (exact) mass is 328 g/mol. The molecule has 5 heteroatoms. The minimum atomic E-state index is -0.0671. The summed E-state index contributed by atoms with van der Waals surface area (Å²) in [5.74, 6) is 0. The Bertz CT molecular complexity index is 368. The van der Waals surface area contributed by atoms with E-state index in [9.17, 15) is 0 Å². The Morgan fingerprint density at radius 3 is 2.87 bits per heavy atom. The van der Waals surface area contributed by atoms with Gasteiger partial charge in [0.1, 0.15) is 4.34 Å². The predicted molar refractivity (Wildman–Crippen MR) is 69.6 cm³/mol. The fraction of sp³-hybridized carbons (Fsp3) is 0.600. The summed E-state index contributed by atoms with van der Waals surface area (Å²) in [5, 5.41) is 0.853. The highest BCUT2D eigenvalue weighted by Gasteiger charge is 2.37. The summed E-state index contributed by atoms with van der Waals surface area (Å²) in [7, 11) is 0. The molecule has 0 aromatic carbocycles. The first-order chi connectivity index (χ1) is 7.04. The summed E-state index contributed by atoms with van der Waals surface area (Å²) in [4.78, 5) is 0. The zero-order valence-electron chi connectivity index (χ0n) is 8.23. The number of rotatable bonds is 2. The molecule has 1 aromatic heterocycles. The highest BCUT2D eigenvalue weighted by molar-refractivity contribution is 9.09. The Labute approximate surface area is 112 Å². The summed E-state index contributed by atoms with van der Waals surface area (Å²) in [6.07, 6.45) is 2.16. The lowest BCUT2D eigenvalue weighted by atomic mass is 10.0. The lowest BCUT2D eigenvalue weighted by molar-refractivity contribution is -0.0119. The van der Waals surface area contributed by atoms with Gasteiger partial charge in [-0.2, -0.15) is 0 Å². The molecular formula is C10H11BrCl2OS. The largest absolute Gasteiger partial charge is 0.366 e. The van der Waals surface area contributed by atoms with Gasteiger partial charge in [0.2, 0.25) is 0 Å². The van der Waals surface area contributed by atoms with Crippen molar-refractivity contribution in [3.8, 4) is 0 Å². The van der Waals surface area contributed by atoms with Crippen LogP contribution in [-0.4, -0.2) is 10.9 Å². The number of thiophene rings is 1. The molecule has 0 bridgehead atoms. The molecule has 1 nitrogen and oxygen atoms in total. The van der Waals surface area contributed by atoms with Gasteiger partial charge in [0.15, 0.2) is 0 Å². The van der Waals surface area contributed by atoms with E-state index in [2.05, 4.69) is 22.9 Å². The molecule has 1 aliphatic rings. The molecule has 0 N–H and O–H groups in total. The SMILES string of the molecule is CC1(CBr)CCC(c2cc(Cl)sc2Cl)O1. The van der Waals surface area contributed by atoms with Crippen molar-refractivity contribution in [2.75, 3.05) is 5.33 Å². The molecule has 2 atom stereocenters. The number of ether oxygens (including phenoxy) is 1. The maximum absolute atomic E-state index is 6.10. The molecule has 0 spiro atoms. The van der Waals surface area contributed by atoms with Crippen molar-refractivity contribution >= 4 is 50.5 Å². The first-order valence-corrected chi connectivity index (χ1v) is 7.42. The predicted octanol–water partition coefficient (Wildman–Crippen LogP) is 5.06. The van der Waals surface area contributed by atoms with Crippen LogP contribution >= 0.6 is 50.5 Å². The van der Waals surface area contributed by atoms with Crippen LogP contribution in [0.1, 0.15) is 31.4 Å². The minimum Gasteiger partial charge on any atom is -0.366 e. The summed E-state index contributed by atoms with van der Waals surface area (Å²) < 4.78 is 7.48. The molecule has 0 saturated carbocycles. The van der Waals surface area contributed by atoms with E-state index in [1.807, 2.05) is 6.07 Å². The van der Waals surface area contributed by atoms with Crippen molar-refractivity contribution in [2.24, 2.45) is 0 Å². The van der Waals surface area contributed by atoms with Crippen LogP contribution < -0.4 is 0 Å². The van der Waals surface area contributed by atoms with E-state index in [1.54, 1.807) is 0 Å². The molecule has 1 aromatic rings. The van der Waals surface area contributed by atoms with Crippen LogP contribution in [0.25, 0.3) is 0 Å². The van der Waals surface area contributed by atoms with Crippen molar-refractivity contribution in [3.05, 3.63) is 20.3 Å². The second-order valence-electron chi connectivity index (χ2n) is 4.01. The molecule has 2 unspecified atom stereocenters. The molecule has 0 aliphatic carbocycles. The molecule has 15 heavy (non-hydrogen) atoms. The molecule has 2 heterocycles. The standard InChI is InChI=1S/C10H11BrCl2OS/c1-10(5-11)3-2-7(14-10)6-4-8(12)15-9(6)13/h4,7H,2-3,5H2,1H3. The van der Waals surface area contributed by atoms with E-state index in [-0.39, 0.29) is 11.7 Å². The van der Waals surface area contributed by atoms with E-state index >= 15 is 0 Å². The number of hydrogen-bond acceptors (Lipinski definition) is 2. The van der Waals surface area contributed by atoms with Crippen molar-refractivity contribution in [1.29, 1.82) is 0 Å². The van der Waals surface area contributed by atoms with Gasteiger partial charge in [0.25, 0.3) is 0 Å². The second kappa shape index (κ2) is 4.53. The molecule has 1 saturated heterocycles. The Morgan fingerprint density at radius 2 is 2.40 bits per heavy atom. The van der Waals surface area contributed by atoms with Crippen LogP contribution in [0.2, 0.25) is 8.67 Å². The van der Waals surface area contributed by atoms with Gasteiger partial charge in [-0.3, -0.25) is 0 Å². The van der Waals surface area contributed by atoms with Gasteiger partial charge in [-0.05, 0) is 25.8 Å². The molecule has 0 radical (unpaired) electrons. The topological polar surface area (TPSA) is 9.23 Å². The Morgan fingerprint density at radius 1 is 1.67 bits per heavy atom. The quantitative estimate of drug-likeness (QED) is 0.689. The van der Waals surface area contributed by atoms with Crippen LogP contribution in [0.5, 0.6) is 0 Å².